The molecule has 0 saturated carbocycles. The number of aromatic nitrogens is 2. The molecule has 2 aromatic carbocycles. The summed E-state index contributed by atoms with van der Waals surface area (Å²) in [5.41, 5.74) is 1.83. The average Bonchev–Trinajstić information content (AvgIpc) is 3.31. The van der Waals surface area contributed by atoms with E-state index < -0.39 is 11.6 Å². The molecule has 0 amide bonds. The Hall–Kier alpha value is -4.14. The van der Waals surface area contributed by atoms with Crippen LogP contribution in [0.1, 0.15) is 30.4 Å². The number of hydrogen-bond donors (Lipinski definition) is 0. The summed E-state index contributed by atoms with van der Waals surface area (Å²) in [6.07, 6.45) is 0.188. The molecule has 0 atom stereocenters. The van der Waals surface area contributed by atoms with Crippen molar-refractivity contribution in [2.45, 2.75) is 33.3 Å². The Morgan fingerprint density at radius 3 is 2.76 bits per heavy atom. The van der Waals surface area contributed by atoms with Crippen molar-refractivity contribution in [3.05, 3.63) is 69.9 Å². The van der Waals surface area contributed by atoms with E-state index in [0.717, 1.165) is 10.9 Å². The second-order valence-corrected chi connectivity index (χ2v) is 7.46. The van der Waals surface area contributed by atoms with Crippen molar-refractivity contribution in [1.29, 1.82) is 0 Å². The predicted octanol–water partition coefficient (Wildman–Crippen LogP) is 4.23. The van der Waals surface area contributed by atoms with E-state index >= 15 is 0 Å². The first-order valence-corrected chi connectivity index (χ1v) is 10.8. The Bertz CT molecular complexity index is 1370. The fourth-order valence-electron chi connectivity index (χ4n) is 3.59. The van der Waals surface area contributed by atoms with Crippen molar-refractivity contribution in [2.75, 3.05) is 13.7 Å². The van der Waals surface area contributed by atoms with E-state index in [0.29, 0.717) is 40.6 Å². The van der Waals surface area contributed by atoms with Gasteiger partial charge in [0.15, 0.2) is 6.61 Å². The summed E-state index contributed by atoms with van der Waals surface area (Å²) < 4.78 is 26.6. The third-order valence-corrected chi connectivity index (χ3v) is 5.33. The van der Waals surface area contributed by atoms with E-state index in [1.165, 1.54) is 0 Å². The quantitative estimate of drug-likeness (QED) is 0.265. The number of carbonyl (C=O) groups is 1. The van der Waals surface area contributed by atoms with Gasteiger partial charge in [0, 0.05) is 23.4 Å². The van der Waals surface area contributed by atoms with Gasteiger partial charge >= 0.3 is 11.6 Å². The van der Waals surface area contributed by atoms with Gasteiger partial charge in [-0.1, -0.05) is 17.3 Å². The van der Waals surface area contributed by atoms with E-state index in [1.807, 2.05) is 44.2 Å². The molecule has 0 aliphatic rings. The molecule has 0 aliphatic heterocycles. The zero-order chi connectivity index (χ0) is 24.1. The van der Waals surface area contributed by atoms with Gasteiger partial charge in [-0.2, -0.15) is 4.98 Å². The Balaban J connectivity index is 1.38. The Morgan fingerprint density at radius 2 is 1.97 bits per heavy atom. The van der Waals surface area contributed by atoms with Crippen molar-refractivity contribution >= 4 is 16.9 Å². The molecule has 2 aromatic heterocycles. The number of carbonyl (C=O) groups excluding carboxylic acids is 1. The zero-order valence-corrected chi connectivity index (χ0v) is 19.1. The first-order chi connectivity index (χ1) is 16.5. The number of aryl methyl sites for hydroxylation is 1. The zero-order valence-electron chi connectivity index (χ0n) is 19.1. The van der Waals surface area contributed by atoms with Gasteiger partial charge in [-0.3, -0.25) is 4.79 Å². The highest BCUT2D eigenvalue weighted by atomic mass is 16.6. The first-order valence-electron chi connectivity index (χ1n) is 10.8. The second-order valence-electron chi connectivity index (χ2n) is 7.46. The molecule has 0 radical (unpaired) electrons. The maximum absolute atomic E-state index is 12.5. The first kappa shape index (κ1) is 23.0. The minimum absolute atomic E-state index is 0.00142. The molecule has 4 aromatic rings. The van der Waals surface area contributed by atoms with Gasteiger partial charge in [0.1, 0.15) is 17.1 Å². The van der Waals surface area contributed by atoms with Crippen LogP contribution in [0.3, 0.4) is 0 Å². The third-order valence-electron chi connectivity index (χ3n) is 5.33. The van der Waals surface area contributed by atoms with Crippen LogP contribution in [-0.4, -0.2) is 29.8 Å². The number of fused-ring (bicyclic) bond motifs is 1. The smallest absolute Gasteiger partial charge is 0.339 e. The van der Waals surface area contributed by atoms with E-state index in [2.05, 4.69) is 10.1 Å². The molecule has 176 valence electrons. The highest BCUT2D eigenvalue weighted by Crippen LogP contribution is 2.28. The lowest BCUT2D eigenvalue weighted by molar-refractivity contribution is -0.145. The van der Waals surface area contributed by atoms with Gasteiger partial charge in [-0.05, 0) is 50.1 Å². The molecule has 2 heterocycles. The number of methoxy groups -OCH3 is 1. The van der Waals surface area contributed by atoms with Gasteiger partial charge in [0.2, 0.25) is 5.82 Å². The lowest BCUT2D eigenvalue weighted by Gasteiger charge is -2.08. The molecule has 0 spiro atoms. The van der Waals surface area contributed by atoms with Crippen molar-refractivity contribution in [3.8, 4) is 22.9 Å². The van der Waals surface area contributed by atoms with Crippen LogP contribution in [0.15, 0.2) is 56.2 Å². The number of benzene rings is 2. The van der Waals surface area contributed by atoms with E-state index in [4.69, 9.17) is 23.2 Å². The Labute approximate surface area is 195 Å². The monoisotopic (exact) mass is 464 g/mol. The fourth-order valence-corrected chi connectivity index (χ4v) is 3.59. The van der Waals surface area contributed by atoms with Crippen LogP contribution in [0.2, 0.25) is 0 Å². The highest BCUT2D eigenvalue weighted by Gasteiger charge is 2.17. The summed E-state index contributed by atoms with van der Waals surface area (Å²) in [5.74, 6) is 1.23. The topological polar surface area (TPSA) is 114 Å². The standard InChI is InChI=1S/C25H24N2O7/c1-4-31-20-8-6-5-7-19(20)24-26-22(34-27-24)14-32-23(28)12-11-18-15(2)17-10-9-16(30-3)13-21(17)33-25(18)29/h5-10,13H,4,11-12,14H2,1-3H3. The normalized spacial score (nSPS) is 10.9. The fraction of sp³-hybridized carbons (Fsp3) is 0.280. The largest absolute Gasteiger partial charge is 0.497 e. The minimum atomic E-state index is -0.497. The average molecular weight is 464 g/mol. The lowest BCUT2D eigenvalue weighted by atomic mass is 10.0. The summed E-state index contributed by atoms with van der Waals surface area (Å²) >= 11 is 0. The van der Waals surface area contributed by atoms with Gasteiger partial charge in [0.05, 0.1) is 19.3 Å². The second kappa shape index (κ2) is 10.2. The summed E-state index contributed by atoms with van der Waals surface area (Å²) in [5, 5.41) is 4.73. The third kappa shape index (κ3) is 4.93. The summed E-state index contributed by atoms with van der Waals surface area (Å²) in [6.45, 7) is 4.04. The molecular weight excluding hydrogens is 440 g/mol. The number of hydrogen-bond acceptors (Lipinski definition) is 9. The maximum Gasteiger partial charge on any atom is 0.339 e. The molecule has 0 fully saturated rings. The molecule has 0 unspecified atom stereocenters. The van der Waals surface area contributed by atoms with Crippen LogP contribution in [-0.2, 0) is 22.6 Å². The number of rotatable bonds is 9. The number of nitrogens with zero attached hydrogens (tertiary/aromatic N) is 2. The number of esters is 1. The van der Waals surface area contributed by atoms with Gasteiger partial charge < -0.3 is 23.2 Å². The lowest BCUT2D eigenvalue weighted by Crippen LogP contribution is -2.14. The molecule has 0 N–H and O–H groups in total. The van der Waals surface area contributed by atoms with Crippen molar-refractivity contribution in [2.24, 2.45) is 0 Å². The van der Waals surface area contributed by atoms with Crippen molar-refractivity contribution in [3.63, 3.8) is 0 Å². The van der Waals surface area contributed by atoms with Crippen molar-refractivity contribution in [1.82, 2.24) is 10.1 Å². The number of para-hydroxylation sites is 1. The van der Waals surface area contributed by atoms with Crippen LogP contribution in [0, 0.1) is 6.92 Å². The molecule has 34 heavy (non-hydrogen) atoms. The van der Waals surface area contributed by atoms with Crippen LogP contribution in [0.25, 0.3) is 22.4 Å². The maximum atomic E-state index is 12.5. The Morgan fingerprint density at radius 1 is 1.15 bits per heavy atom. The predicted molar refractivity (Wildman–Crippen MR) is 123 cm³/mol. The molecular formula is C25H24N2O7. The number of ether oxygens (including phenoxy) is 3. The molecule has 9 nitrogen and oxygen atoms in total. The van der Waals surface area contributed by atoms with E-state index in [1.54, 1.807) is 19.2 Å². The van der Waals surface area contributed by atoms with Crippen molar-refractivity contribution < 1.29 is 27.9 Å². The molecule has 0 saturated heterocycles. The molecule has 0 aliphatic carbocycles. The van der Waals surface area contributed by atoms with Gasteiger partial charge in [-0.15, -0.1) is 0 Å². The van der Waals surface area contributed by atoms with Crippen LogP contribution in [0.5, 0.6) is 11.5 Å². The van der Waals surface area contributed by atoms with Gasteiger partial charge in [-0.25, -0.2) is 4.79 Å². The Kier molecular flexibility index (Phi) is 6.91. The molecule has 0 bridgehead atoms. The summed E-state index contributed by atoms with van der Waals surface area (Å²) in [6, 6.07) is 12.6. The van der Waals surface area contributed by atoms with Crippen LogP contribution < -0.4 is 15.1 Å². The molecule has 9 heteroatoms. The summed E-state index contributed by atoms with van der Waals surface area (Å²) in [7, 11) is 1.54. The van der Waals surface area contributed by atoms with Crippen LogP contribution >= 0.6 is 0 Å². The molecule has 4 rings (SSSR count). The van der Waals surface area contributed by atoms with Crippen LogP contribution in [0.4, 0.5) is 0 Å². The van der Waals surface area contributed by atoms with E-state index in [-0.39, 0.29) is 25.3 Å². The van der Waals surface area contributed by atoms with E-state index in [9.17, 15) is 9.59 Å². The SMILES string of the molecule is CCOc1ccccc1-c1noc(COC(=O)CCc2c(C)c3ccc(OC)cc3oc2=O)n1. The highest BCUT2D eigenvalue weighted by molar-refractivity contribution is 5.82. The van der Waals surface area contributed by atoms with Gasteiger partial charge in [0.25, 0.3) is 5.89 Å². The minimum Gasteiger partial charge on any atom is -0.497 e. The summed E-state index contributed by atoms with van der Waals surface area (Å²) in [4.78, 5) is 29.0.